The predicted octanol–water partition coefficient (Wildman–Crippen LogP) is 1.62. The second kappa shape index (κ2) is 7.49. The van der Waals surface area contributed by atoms with Gasteiger partial charge in [-0.05, 0) is 27.6 Å². The molecule has 0 atom stereocenters. The largest absolute Gasteiger partial charge is 0.382 e. The lowest BCUT2D eigenvalue weighted by atomic mass is 10.1. The number of hydrogen-bond donors (Lipinski definition) is 0. The van der Waals surface area contributed by atoms with Crippen molar-refractivity contribution in [3.05, 3.63) is 28.5 Å². The van der Waals surface area contributed by atoms with Crippen LogP contribution in [-0.4, -0.2) is 37.7 Å². The maximum absolute atomic E-state index is 11.5. The van der Waals surface area contributed by atoms with Crippen molar-refractivity contribution < 1.29 is 14.3 Å². The Hall–Kier alpha value is -0.780. The van der Waals surface area contributed by atoms with Gasteiger partial charge in [-0.1, -0.05) is 0 Å². The van der Waals surface area contributed by atoms with Gasteiger partial charge in [0.15, 0.2) is 5.78 Å². The molecule has 0 aromatic carbocycles. The first kappa shape index (κ1) is 13.3. The standard InChI is InChI=1S/C11H14BrNO3/c1-15-2-3-16-8-11(14)5-9-4-10(12)7-13-6-9/h4,6-7H,2-3,5,8H2,1H3. The molecule has 0 radical (unpaired) electrons. The van der Waals surface area contributed by atoms with Crippen molar-refractivity contribution in [2.45, 2.75) is 6.42 Å². The molecule has 1 rings (SSSR count). The summed E-state index contributed by atoms with van der Waals surface area (Å²) in [7, 11) is 1.60. The van der Waals surface area contributed by atoms with Crippen molar-refractivity contribution in [3.63, 3.8) is 0 Å². The van der Waals surface area contributed by atoms with E-state index in [2.05, 4.69) is 20.9 Å². The first-order valence-corrected chi connectivity index (χ1v) is 5.69. The summed E-state index contributed by atoms with van der Waals surface area (Å²) in [6.07, 6.45) is 3.71. The highest BCUT2D eigenvalue weighted by Gasteiger charge is 2.04. The molecule has 1 heterocycles. The summed E-state index contributed by atoms with van der Waals surface area (Å²) >= 11 is 3.30. The fourth-order valence-electron chi connectivity index (χ4n) is 1.16. The number of carbonyl (C=O) groups excluding carboxylic acids is 1. The molecular formula is C11H14BrNO3. The van der Waals surface area contributed by atoms with Gasteiger partial charge in [0.2, 0.25) is 0 Å². The lowest BCUT2D eigenvalue weighted by Gasteiger charge is -2.03. The number of hydrogen-bond acceptors (Lipinski definition) is 4. The van der Waals surface area contributed by atoms with Gasteiger partial charge in [-0.3, -0.25) is 9.78 Å². The Balaban J connectivity index is 2.29. The van der Waals surface area contributed by atoms with Crippen LogP contribution in [0, 0.1) is 0 Å². The highest BCUT2D eigenvalue weighted by atomic mass is 79.9. The quantitative estimate of drug-likeness (QED) is 0.715. The van der Waals surface area contributed by atoms with Crippen LogP contribution in [0.15, 0.2) is 22.9 Å². The number of aromatic nitrogens is 1. The number of ketones is 1. The third kappa shape index (κ3) is 5.34. The zero-order valence-electron chi connectivity index (χ0n) is 9.11. The predicted molar refractivity (Wildman–Crippen MR) is 63.3 cm³/mol. The Morgan fingerprint density at radius 1 is 1.44 bits per heavy atom. The van der Waals surface area contributed by atoms with Crippen molar-refractivity contribution in [3.8, 4) is 0 Å². The van der Waals surface area contributed by atoms with Crippen LogP contribution < -0.4 is 0 Å². The number of ether oxygens (including phenoxy) is 2. The lowest BCUT2D eigenvalue weighted by molar-refractivity contribution is -0.123. The Morgan fingerprint density at radius 3 is 2.94 bits per heavy atom. The zero-order chi connectivity index (χ0) is 11.8. The van der Waals surface area contributed by atoms with Crippen LogP contribution in [0.5, 0.6) is 0 Å². The molecule has 88 valence electrons. The molecule has 0 aliphatic carbocycles. The summed E-state index contributed by atoms with van der Waals surface area (Å²) in [6.45, 7) is 1.07. The summed E-state index contributed by atoms with van der Waals surface area (Å²) in [5, 5.41) is 0. The van der Waals surface area contributed by atoms with E-state index in [4.69, 9.17) is 9.47 Å². The van der Waals surface area contributed by atoms with Gasteiger partial charge in [0.05, 0.1) is 13.2 Å². The number of Topliss-reactive ketones (excluding diaryl/α,β-unsaturated/α-hetero) is 1. The van der Waals surface area contributed by atoms with Crippen molar-refractivity contribution in [1.82, 2.24) is 4.98 Å². The van der Waals surface area contributed by atoms with Gasteiger partial charge in [-0.15, -0.1) is 0 Å². The Morgan fingerprint density at radius 2 is 2.25 bits per heavy atom. The first-order valence-electron chi connectivity index (χ1n) is 4.90. The van der Waals surface area contributed by atoms with Crippen molar-refractivity contribution >= 4 is 21.7 Å². The topological polar surface area (TPSA) is 48.4 Å². The van der Waals surface area contributed by atoms with Gasteiger partial charge >= 0.3 is 0 Å². The van der Waals surface area contributed by atoms with Crippen LogP contribution in [0.2, 0.25) is 0 Å². The maximum Gasteiger partial charge on any atom is 0.162 e. The number of carbonyl (C=O) groups is 1. The van der Waals surface area contributed by atoms with Gasteiger partial charge in [0.25, 0.3) is 0 Å². The SMILES string of the molecule is COCCOCC(=O)Cc1cncc(Br)c1. The molecule has 1 aromatic rings. The second-order valence-electron chi connectivity index (χ2n) is 3.27. The summed E-state index contributed by atoms with van der Waals surface area (Å²) in [4.78, 5) is 15.5. The van der Waals surface area contributed by atoms with Crippen molar-refractivity contribution in [2.24, 2.45) is 0 Å². The first-order chi connectivity index (χ1) is 7.72. The molecule has 0 spiro atoms. The summed E-state index contributed by atoms with van der Waals surface area (Å²) in [6, 6.07) is 1.88. The van der Waals surface area contributed by atoms with E-state index in [-0.39, 0.29) is 12.4 Å². The van der Waals surface area contributed by atoms with Gasteiger partial charge in [-0.2, -0.15) is 0 Å². The fourth-order valence-corrected chi connectivity index (χ4v) is 1.57. The Kier molecular flexibility index (Phi) is 6.22. The van der Waals surface area contributed by atoms with E-state index >= 15 is 0 Å². The lowest BCUT2D eigenvalue weighted by Crippen LogP contribution is -2.14. The van der Waals surface area contributed by atoms with E-state index in [0.717, 1.165) is 10.0 Å². The van der Waals surface area contributed by atoms with Gasteiger partial charge in [-0.25, -0.2) is 0 Å². The van der Waals surface area contributed by atoms with Gasteiger partial charge < -0.3 is 9.47 Å². The maximum atomic E-state index is 11.5. The van der Waals surface area contributed by atoms with Crippen LogP contribution in [0.4, 0.5) is 0 Å². The molecule has 5 heteroatoms. The summed E-state index contributed by atoms with van der Waals surface area (Å²) in [5.74, 6) is 0.0380. The zero-order valence-corrected chi connectivity index (χ0v) is 10.7. The van der Waals surface area contributed by atoms with Crippen LogP contribution in [-0.2, 0) is 20.7 Å². The smallest absolute Gasteiger partial charge is 0.162 e. The monoisotopic (exact) mass is 287 g/mol. The number of pyridine rings is 1. The van der Waals surface area contributed by atoms with Crippen LogP contribution in [0.25, 0.3) is 0 Å². The van der Waals surface area contributed by atoms with E-state index in [0.29, 0.717) is 19.6 Å². The second-order valence-corrected chi connectivity index (χ2v) is 4.19. The Bertz CT molecular complexity index is 344. The molecule has 0 saturated heterocycles. The van der Waals surface area contributed by atoms with Gasteiger partial charge in [0, 0.05) is 30.4 Å². The van der Waals surface area contributed by atoms with Crippen LogP contribution >= 0.6 is 15.9 Å². The summed E-state index contributed by atoms with van der Waals surface area (Å²) < 4.78 is 10.8. The molecule has 0 aliphatic rings. The average molecular weight is 288 g/mol. The molecule has 16 heavy (non-hydrogen) atoms. The molecule has 0 fully saturated rings. The molecule has 4 nitrogen and oxygen atoms in total. The van der Waals surface area contributed by atoms with E-state index in [1.165, 1.54) is 0 Å². The average Bonchev–Trinajstić information content (AvgIpc) is 2.24. The highest BCUT2D eigenvalue weighted by molar-refractivity contribution is 9.10. The molecule has 0 bridgehead atoms. The molecule has 0 unspecified atom stereocenters. The van der Waals surface area contributed by atoms with E-state index in [9.17, 15) is 4.79 Å². The number of nitrogens with zero attached hydrogens (tertiary/aromatic N) is 1. The number of rotatable bonds is 7. The third-order valence-corrected chi connectivity index (χ3v) is 2.29. The van der Waals surface area contributed by atoms with Crippen LogP contribution in [0.3, 0.4) is 0 Å². The summed E-state index contributed by atoms with van der Waals surface area (Å²) in [5.41, 5.74) is 0.884. The van der Waals surface area contributed by atoms with Gasteiger partial charge in [0.1, 0.15) is 6.61 Å². The molecule has 1 aromatic heterocycles. The normalized spacial score (nSPS) is 10.4. The minimum absolute atomic E-state index is 0.0380. The highest BCUT2D eigenvalue weighted by Crippen LogP contribution is 2.10. The number of methoxy groups -OCH3 is 1. The molecule has 0 N–H and O–H groups in total. The van der Waals surface area contributed by atoms with E-state index in [1.807, 2.05) is 6.07 Å². The van der Waals surface area contributed by atoms with E-state index < -0.39 is 0 Å². The number of halogens is 1. The van der Waals surface area contributed by atoms with Crippen molar-refractivity contribution in [2.75, 3.05) is 26.9 Å². The fraction of sp³-hybridized carbons (Fsp3) is 0.455. The third-order valence-electron chi connectivity index (χ3n) is 1.86. The minimum atomic E-state index is 0.0380. The molecule has 0 aliphatic heterocycles. The minimum Gasteiger partial charge on any atom is -0.382 e. The Labute approximate surface area is 103 Å². The van der Waals surface area contributed by atoms with Crippen LogP contribution in [0.1, 0.15) is 5.56 Å². The molecule has 0 saturated carbocycles. The molecular weight excluding hydrogens is 274 g/mol. The van der Waals surface area contributed by atoms with Crippen molar-refractivity contribution in [1.29, 1.82) is 0 Å². The molecule has 0 amide bonds. The van der Waals surface area contributed by atoms with E-state index in [1.54, 1.807) is 19.5 Å².